The Morgan fingerprint density at radius 3 is 2.74 bits per heavy atom. The fraction of sp³-hybridized carbons (Fsp3) is 0.533. The first-order valence-electron chi connectivity index (χ1n) is 6.52. The summed E-state index contributed by atoms with van der Waals surface area (Å²) < 4.78 is 5.32. The molecule has 1 N–H and O–H groups in total. The molecular weight excluding hydrogens is 238 g/mol. The lowest BCUT2D eigenvalue weighted by Gasteiger charge is -2.17. The van der Waals surface area contributed by atoms with Crippen molar-refractivity contribution >= 4 is 0 Å². The second-order valence-corrected chi connectivity index (χ2v) is 5.01. The summed E-state index contributed by atoms with van der Waals surface area (Å²) in [4.78, 5) is 2.18. The molecular formula is C15H23N3O. The number of hydrogen-bond donors (Lipinski definition) is 1. The van der Waals surface area contributed by atoms with Gasteiger partial charge in [-0.2, -0.15) is 5.26 Å². The van der Waals surface area contributed by atoms with Crippen molar-refractivity contribution in [1.82, 2.24) is 10.2 Å². The van der Waals surface area contributed by atoms with Gasteiger partial charge in [-0.15, -0.1) is 0 Å². The second kappa shape index (κ2) is 7.78. The standard InChI is InChI=1S/C15H23N3O/c1-12(7-8-18(2)3)17-11-14-9-13(10-16)5-6-15(14)19-4/h5-6,9,12,17H,7-8,11H2,1-4H3. The Labute approximate surface area is 116 Å². The molecule has 0 bridgehead atoms. The largest absolute Gasteiger partial charge is 0.496 e. The minimum absolute atomic E-state index is 0.429. The van der Waals surface area contributed by atoms with E-state index < -0.39 is 0 Å². The lowest BCUT2D eigenvalue weighted by molar-refractivity contribution is 0.363. The van der Waals surface area contributed by atoms with Crippen LogP contribution in [0.2, 0.25) is 0 Å². The van der Waals surface area contributed by atoms with E-state index in [0.717, 1.165) is 24.3 Å². The van der Waals surface area contributed by atoms with E-state index in [0.29, 0.717) is 18.2 Å². The first-order chi connectivity index (χ1) is 9.06. The Kier molecular flexibility index (Phi) is 6.34. The van der Waals surface area contributed by atoms with Crippen molar-refractivity contribution in [1.29, 1.82) is 5.26 Å². The molecule has 0 aliphatic heterocycles. The average molecular weight is 261 g/mol. The van der Waals surface area contributed by atoms with Gasteiger partial charge in [-0.05, 0) is 52.2 Å². The molecule has 4 heteroatoms. The Morgan fingerprint density at radius 1 is 1.42 bits per heavy atom. The molecule has 1 unspecified atom stereocenters. The normalized spacial score (nSPS) is 12.2. The molecule has 0 aliphatic carbocycles. The molecule has 1 aromatic rings. The lowest BCUT2D eigenvalue weighted by atomic mass is 10.1. The van der Waals surface area contributed by atoms with Gasteiger partial charge in [0, 0.05) is 18.2 Å². The van der Waals surface area contributed by atoms with Gasteiger partial charge in [0.05, 0.1) is 18.7 Å². The van der Waals surface area contributed by atoms with Gasteiger partial charge < -0.3 is 15.0 Å². The maximum absolute atomic E-state index is 8.93. The second-order valence-electron chi connectivity index (χ2n) is 5.01. The highest BCUT2D eigenvalue weighted by molar-refractivity contribution is 5.41. The maximum Gasteiger partial charge on any atom is 0.123 e. The molecule has 0 fully saturated rings. The smallest absolute Gasteiger partial charge is 0.123 e. The molecule has 0 spiro atoms. The molecule has 0 aliphatic rings. The predicted molar refractivity (Wildman–Crippen MR) is 77.2 cm³/mol. The van der Waals surface area contributed by atoms with Crippen LogP contribution in [0.1, 0.15) is 24.5 Å². The van der Waals surface area contributed by atoms with E-state index >= 15 is 0 Å². The highest BCUT2D eigenvalue weighted by Gasteiger charge is 2.07. The van der Waals surface area contributed by atoms with E-state index in [1.807, 2.05) is 12.1 Å². The number of methoxy groups -OCH3 is 1. The number of hydrogen-bond acceptors (Lipinski definition) is 4. The quantitative estimate of drug-likeness (QED) is 0.815. The van der Waals surface area contributed by atoms with E-state index in [2.05, 4.69) is 37.3 Å². The van der Waals surface area contributed by atoms with Crippen molar-refractivity contribution in [2.24, 2.45) is 0 Å². The van der Waals surface area contributed by atoms with Gasteiger partial charge >= 0.3 is 0 Å². The number of nitriles is 1. The van der Waals surface area contributed by atoms with E-state index in [1.165, 1.54) is 0 Å². The number of benzene rings is 1. The van der Waals surface area contributed by atoms with Crippen LogP contribution in [-0.2, 0) is 6.54 Å². The van der Waals surface area contributed by atoms with Crippen molar-refractivity contribution in [2.45, 2.75) is 25.9 Å². The van der Waals surface area contributed by atoms with Crippen LogP contribution in [-0.4, -0.2) is 38.7 Å². The van der Waals surface area contributed by atoms with Crippen LogP contribution in [0.25, 0.3) is 0 Å². The Bertz CT molecular complexity index is 438. The molecule has 1 aromatic carbocycles. The number of ether oxygens (including phenoxy) is 1. The summed E-state index contributed by atoms with van der Waals surface area (Å²) >= 11 is 0. The molecule has 19 heavy (non-hydrogen) atoms. The van der Waals surface area contributed by atoms with E-state index in [9.17, 15) is 0 Å². The Morgan fingerprint density at radius 2 is 2.16 bits per heavy atom. The zero-order chi connectivity index (χ0) is 14.3. The molecule has 4 nitrogen and oxygen atoms in total. The van der Waals surface area contributed by atoms with Crippen molar-refractivity contribution < 1.29 is 4.74 Å². The molecule has 0 amide bonds. The Balaban J connectivity index is 2.58. The highest BCUT2D eigenvalue weighted by atomic mass is 16.5. The molecule has 0 saturated heterocycles. The van der Waals surface area contributed by atoms with Crippen molar-refractivity contribution in [3.63, 3.8) is 0 Å². The van der Waals surface area contributed by atoms with Crippen molar-refractivity contribution in [2.75, 3.05) is 27.7 Å². The van der Waals surface area contributed by atoms with Crippen LogP contribution in [0.4, 0.5) is 0 Å². The van der Waals surface area contributed by atoms with E-state index in [1.54, 1.807) is 13.2 Å². The zero-order valence-electron chi connectivity index (χ0n) is 12.2. The molecule has 0 radical (unpaired) electrons. The highest BCUT2D eigenvalue weighted by Crippen LogP contribution is 2.19. The van der Waals surface area contributed by atoms with Gasteiger partial charge in [-0.1, -0.05) is 0 Å². The van der Waals surface area contributed by atoms with Crippen LogP contribution in [0.15, 0.2) is 18.2 Å². The van der Waals surface area contributed by atoms with Crippen LogP contribution >= 0.6 is 0 Å². The van der Waals surface area contributed by atoms with E-state index in [4.69, 9.17) is 10.00 Å². The SMILES string of the molecule is COc1ccc(C#N)cc1CNC(C)CCN(C)C. The molecule has 104 valence electrons. The third kappa shape index (κ3) is 5.29. The van der Waals surface area contributed by atoms with Gasteiger partial charge in [-0.3, -0.25) is 0 Å². The number of nitrogens with zero attached hydrogens (tertiary/aromatic N) is 2. The first-order valence-corrected chi connectivity index (χ1v) is 6.52. The van der Waals surface area contributed by atoms with Gasteiger partial charge in [-0.25, -0.2) is 0 Å². The van der Waals surface area contributed by atoms with Gasteiger partial charge in [0.25, 0.3) is 0 Å². The number of rotatable bonds is 7. The minimum Gasteiger partial charge on any atom is -0.496 e. The lowest BCUT2D eigenvalue weighted by Crippen LogP contribution is -2.29. The summed E-state index contributed by atoms with van der Waals surface area (Å²) in [5.74, 6) is 0.825. The topological polar surface area (TPSA) is 48.3 Å². The summed E-state index contributed by atoms with van der Waals surface area (Å²) in [6, 6.07) is 8.09. The summed E-state index contributed by atoms with van der Waals surface area (Å²) in [7, 11) is 5.80. The van der Waals surface area contributed by atoms with Crippen molar-refractivity contribution in [3.8, 4) is 11.8 Å². The molecule has 1 atom stereocenters. The summed E-state index contributed by atoms with van der Waals surface area (Å²) in [5, 5.41) is 12.4. The fourth-order valence-corrected chi connectivity index (χ4v) is 1.82. The maximum atomic E-state index is 8.93. The first kappa shape index (κ1) is 15.5. The fourth-order valence-electron chi connectivity index (χ4n) is 1.82. The third-order valence-electron chi connectivity index (χ3n) is 3.06. The van der Waals surface area contributed by atoms with Crippen LogP contribution in [0.5, 0.6) is 5.75 Å². The van der Waals surface area contributed by atoms with Gasteiger partial charge in [0.2, 0.25) is 0 Å². The van der Waals surface area contributed by atoms with Crippen LogP contribution < -0.4 is 10.1 Å². The summed E-state index contributed by atoms with van der Waals surface area (Å²) in [5.41, 5.74) is 1.69. The molecule has 0 saturated carbocycles. The van der Waals surface area contributed by atoms with Crippen molar-refractivity contribution in [3.05, 3.63) is 29.3 Å². The number of nitrogens with one attached hydrogen (secondary N) is 1. The molecule has 0 heterocycles. The monoisotopic (exact) mass is 261 g/mol. The zero-order valence-corrected chi connectivity index (χ0v) is 12.2. The third-order valence-corrected chi connectivity index (χ3v) is 3.06. The van der Waals surface area contributed by atoms with Gasteiger partial charge in [0.15, 0.2) is 0 Å². The predicted octanol–water partition coefficient (Wildman–Crippen LogP) is 2.00. The molecule has 1 rings (SSSR count). The molecule has 0 aromatic heterocycles. The average Bonchev–Trinajstić information content (AvgIpc) is 2.42. The minimum atomic E-state index is 0.429. The van der Waals surface area contributed by atoms with Crippen LogP contribution in [0.3, 0.4) is 0 Å². The summed E-state index contributed by atoms with van der Waals surface area (Å²) in [6.45, 7) is 3.95. The van der Waals surface area contributed by atoms with E-state index in [-0.39, 0.29) is 0 Å². The van der Waals surface area contributed by atoms with Gasteiger partial charge in [0.1, 0.15) is 5.75 Å². The van der Waals surface area contributed by atoms with Crippen LogP contribution in [0, 0.1) is 11.3 Å². The Hall–Kier alpha value is -1.57. The summed E-state index contributed by atoms with van der Waals surface area (Å²) in [6.07, 6.45) is 1.09.